The molecule has 0 amide bonds. The lowest BCUT2D eigenvalue weighted by Crippen LogP contribution is -2.27. The van der Waals surface area contributed by atoms with Crippen molar-refractivity contribution in [3.63, 3.8) is 0 Å². The number of rotatable bonds is 6. The summed E-state index contributed by atoms with van der Waals surface area (Å²) in [6.45, 7) is 3.73. The van der Waals surface area contributed by atoms with Gasteiger partial charge in [-0.05, 0) is 24.5 Å². The van der Waals surface area contributed by atoms with E-state index in [1.54, 1.807) is 11.3 Å². The molecule has 19 heavy (non-hydrogen) atoms. The number of aliphatic hydroxyl groups is 1. The van der Waals surface area contributed by atoms with Gasteiger partial charge in [-0.15, -0.1) is 11.3 Å². The van der Waals surface area contributed by atoms with Crippen molar-refractivity contribution in [1.29, 1.82) is 0 Å². The first kappa shape index (κ1) is 14.2. The minimum Gasteiger partial charge on any atom is -0.395 e. The zero-order valence-corrected chi connectivity index (χ0v) is 11.9. The molecule has 1 aliphatic carbocycles. The molecule has 1 N–H and O–H groups in total. The number of aliphatic hydroxyl groups excluding tert-OH is 1. The molecule has 0 saturated carbocycles. The van der Waals surface area contributed by atoms with Crippen molar-refractivity contribution in [3.05, 3.63) is 29.1 Å². The summed E-state index contributed by atoms with van der Waals surface area (Å²) in [6.07, 6.45) is 5.53. The lowest BCUT2D eigenvalue weighted by atomic mass is 10.0. The van der Waals surface area contributed by atoms with E-state index in [1.165, 1.54) is 6.08 Å². The molecule has 1 aliphatic rings. The fraction of sp³-hybridized carbons (Fsp3) is 0.500. The third-order valence-electron chi connectivity index (χ3n) is 3.05. The number of aromatic nitrogens is 1. The van der Waals surface area contributed by atoms with Gasteiger partial charge in [0.15, 0.2) is 5.13 Å². The van der Waals surface area contributed by atoms with Crippen LogP contribution in [0.5, 0.6) is 0 Å². The maximum absolute atomic E-state index is 13.0. The van der Waals surface area contributed by atoms with Crippen LogP contribution in [0.2, 0.25) is 0 Å². The molecule has 0 aliphatic heterocycles. The van der Waals surface area contributed by atoms with E-state index >= 15 is 0 Å². The van der Waals surface area contributed by atoms with E-state index in [2.05, 4.69) is 16.8 Å². The molecule has 0 saturated heterocycles. The van der Waals surface area contributed by atoms with Gasteiger partial charge in [0.1, 0.15) is 5.83 Å². The van der Waals surface area contributed by atoms with Gasteiger partial charge in [0, 0.05) is 24.9 Å². The lowest BCUT2D eigenvalue weighted by molar-refractivity contribution is 0.302. The molecule has 0 atom stereocenters. The van der Waals surface area contributed by atoms with E-state index in [0.717, 1.165) is 29.4 Å². The van der Waals surface area contributed by atoms with E-state index in [1.807, 2.05) is 11.5 Å². The molecule has 0 unspecified atom stereocenters. The molecule has 3 nitrogen and oxygen atoms in total. The standard InChI is InChI=1S/C14H19FN2OS/c1-2-7-17(8-9-18)14-16-13(10-19-14)11-3-5-12(15)6-4-11/h3,5,10,18H,2,4,6-9H2,1H3. The number of halogens is 1. The van der Waals surface area contributed by atoms with Crippen LogP contribution in [0.4, 0.5) is 9.52 Å². The van der Waals surface area contributed by atoms with Crippen LogP contribution < -0.4 is 4.90 Å². The van der Waals surface area contributed by atoms with Crippen molar-refractivity contribution in [2.45, 2.75) is 26.2 Å². The smallest absolute Gasteiger partial charge is 0.185 e. The maximum Gasteiger partial charge on any atom is 0.185 e. The van der Waals surface area contributed by atoms with Gasteiger partial charge in [0.25, 0.3) is 0 Å². The van der Waals surface area contributed by atoms with Crippen LogP contribution in [0.15, 0.2) is 23.4 Å². The molecule has 0 fully saturated rings. The van der Waals surface area contributed by atoms with E-state index in [0.29, 0.717) is 19.4 Å². The van der Waals surface area contributed by atoms with Crippen molar-refractivity contribution in [2.75, 3.05) is 24.6 Å². The summed E-state index contributed by atoms with van der Waals surface area (Å²) in [4.78, 5) is 6.70. The highest BCUT2D eigenvalue weighted by Gasteiger charge is 2.14. The molecular formula is C14H19FN2OS. The fourth-order valence-electron chi connectivity index (χ4n) is 2.08. The summed E-state index contributed by atoms with van der Waals surface area (Å²) < 4.78 is 13.0. The monoisotopic (exact) mass is 282 g/mol. The molecule has 2 rings (SSSR count). The highest BCUT2D eigenvalue weighted by Crippen LogP contribution is 2.30. The van der Waals surface area contributed by atoms with E-state index in [4.69, 9.17) is 5.11 Å². The van der Waals surface area contributed by atoms with Crippen LogP contribution >= 0.6 is 11.3 Å². The van der Waals surface area contributed by atoms with Gasteiger partial charge in [-0.25, -0.2) is 9.37 Å². The van der Waals surface area contributed by atoms with Crippen LogP contribution in [0.25, 0.3) is 5.57 Å². The molecule has 0 radical (unpaired) electrons. The van der Waals surface area contributed by atoms with E-state index in [9.17, 15) is 4.39 Å². The number of thiazole rings is 1. The predicted molar refractivity (Wildman–Crippen MR) is 78.1 cm³/mol. The first-order chi connectivity index (χ1) is 9.24. The van der Waals surface area contributed by atoms with Crippen LogP contribution in [-0.2, 0) is 0 Å². The van der Waals surface area contributed by atoms with Gasteiger partial charge in [-0.1, -0.05) is 13.0 Å². The van der Waals surface area contributed by atoms with Crippen LogP contribution in [-0.4, -0.2) is 29.8 Å². The Bertz CT molecular complexity index is 476. The van der Waals surface area contributed by atoms with Crippen LogP contribution in [0.3, 0.4) is 0 Å². The Kier molecular flexibility index (Phi) is 5.10. The molecule has 1 heterocycles. The molecule has 1 aromatic rings. The molecule has 1 aromatic heterocycles. The van der Waals surface area contributed by atoms with Gasteiger partial charge < -0.3 is 10.0 Å². The zero-order valence-electron chi connectivity index (χ0n) is 11.1. The zero-order chi connectivity index (χ0) is 13.7. The maximum atomic E-state index is 13.0. The Hall–Kier alpha value is -1.20. The average molecular weight is 282 g/mol. The molecule has 0 bridgehead atoms. The number of hydrogen-bond acceptors (Lipinski definition) is 4. The van der Waals surface area contributed by atoms with Gasteiger partial charge in [0.2, 0.25) is 0 Å². The number of nitrogens with zero attached hydrogens (tertiary/aromatic N) is 2. The van der Waals surface area contributed by atoms with Gasteiger partial charge in [0.05, 0.1) is 12.3 Å². The molecular weight excluding hydrogens is 263 g/mol. The first-order valence-electron chi connectivity index (χ1n) is 6.61. The van der Waals surface area contributed by atoms with Gasteiger partial charge in [-0.3, -0.25) is 0 Å². The summed E-state index contributed by atoms with van der Waals surface area (Å²) in [5.41, 5.74) is 2.02. The van der Waals surface area contributed by atoms with Crippen molar-refractivity contribution in [3.8, 4) is 0 Å². The number of hydrogen-bond donors (Lipinski definition) is 1. The van der Waals surface area contributed by atoms with Gasteiger partial charge >= 0.3 is 0 Å². The lowest BCUT2D eigenvalue weighted by Gasteiger charge is -2.19. The highest BCUT2D eigenvalue weighted by atomic mass is 32.1. The normalized spacial score (nSPS) is 15.1. The summed E-state index contributed by atoms with van der Waals surface area (Å²) in [5, 5.41) is 12.0. The number of allylic oxidation sites excluding steroid dienone is 4. The third-order valence-corrected chi connectivity index (χ3v) is 3.95. The average Bonchev–Trinajstić information content (AvgIpc) is 2.89. The topological polar surface area (TPSA) is 36.4 Å². The Morgan fingerprint density at radius 1 is 1.37 bits per heavy atom. The Morgan fingerprint density at radius 3 is 2.84 bits per heavy atom. The largest absolute Gasteiger partial charge is 0.395 e. The SMILES string of the molecule is CCCN(CCO)c1nc(C2=CC=C(F)CC2)cs1. The second kappa shape index (κ2) is 6.82. The van der Waals surface area contributed by atoms with Crippen molar-refractivity contribution in [2.24, 2.45) is 0 Å². The molecule has 104 valence electrons. The quantitative estimate of drug-likeness (QED) is 0.869. The second-order valence-electron chi connectivity index (χ2n) is 4.53. The minimum absolute atomic E-state index is 0.0629. The Balaban J connectivity index is 2.13. The highest BCUT2D eigenvalue weighted by molar-refractivity contribution is 7.13. The minimum atomic E-state index is -0.0629. The summed E-state index contributed by atoms with van der Waals surface area (Å²) in [7, 11) is 0. The van der Waals surface area contributed by atoms with E-state index in [-0.39, 0.29) is 12.4 Å². The van der Waals surface area contributed by atoms with Crippen molar-refractivity contribution < 1.29 is 9.50 Å². The van der Waals surface area contributed by atoms with Crippen molar-refractivity contribution in [1.82, 2.24) is 4.98 Å². The van der Waals surface area contributed by atoms with Gasteiger partial charge in [-0.2, -0.15) is 0 Å². The van der Waals surface area contributed by atoms with Crippen LogP contribution in [0.1, 0.15) is 31.9 Å². The fourth-order valence-corrected chi connectivity index (χ4v) is 2.98. The second-order valence-corrected chi connectivity index (χ2v) is 5.37. The predicted octanol–water partition coefficient (Wildman–Crippen LogP) is 3.38. The molecule has 0 spiro atoms. The third kappa shape index (κ3) is 3.64. The Labute approximate surface area is 117 Å². The summed E-state index contributed by atoms with van der Waals surface area (Å²) in [5.74, 6) is -0.0629. The van der Waals surface area contributed by atoms with E-state index < -0.39 is 0 Å². The Morgan fingerprint density at radius 2 is 2.21 bits per heavy atom. The molecule has 0 aromatic carbocycles. The number of anilines is 1. The summed E-state index contributed by atoms with van der Waals surface area (Å²) >= 11 is 1.58. The first-order valence-corrected chi connectivity index (χ1v) is 7.49. The summed E-state index contributed by atoms with van der Waals surface area (Å²) in [6, 6.07) is 0. The van der Waals surface area contributed by atoms with Crippen molar-refractivity contribution >= 4 is 22.0 Å². The van der Waals surface area contributed by atoms with Crippen LogP contribution in [0, 0.1) is 0 Å². The molecule has 5 heteroatoms.